The summed E-state index contributed by atoms with van der Waals surface area (Å²) in [5.74, 6) is 0.666. The van der Waals surface area contributed by atoms with Gasteiger partial charge in [-0.05, 0) is 36.8 Å². The van der Waals surface area contributed by atoms with E-state index in [4.69, 9.17) is 23.2 Å². The minimum atomic E-state index is 0.00819. The first kappa shape index (κ1) is 16.6. The average molecular weight is 338 g/mol. The number of rotatable bonds is 6. The van der Waals surface area contributed by atoms with Crippen molar-refractivity contribution < 1.29 is 4.79 Å². The Morgan fingerprint density at radius 1 is 1.14 bits per heavy atom. The molecule has 0 radical (unpaired) electrons. The fourth-order valence-electron chi connectivity index (χ4n) is 1.82. The minimum Gasteiger partial charge on any atom is -0.340 e. The third-order valence-corrected chi connectivity index (χ3v) is 3.74. The number of pyridine rings is 1. The van der Waals surface area contributed by atoms with E-state index in [1.165, 1.54) is 0 Å². The summed E-state index contributed by atoms with van der Waals surface area (Å²) in [5.41, 5.74) is 1.47. The van der Waals surface area contributed by atoms with E-state index < -0.39 is 0 Å². The lowest BCUT2D eigenvalue weighted by atomic mass is 10.2. The number of unbranched alkanes of at least 4 members (excludes halogenated alkanes) is 1. The largest absolute Gasteiger partial charge is 0.340 e. The third kappa shape index (κ3) is 4.90. The standard InChI is InChI=1S/C16H17Cl2N3O/c1-2-3-4-16(22)21-12-6-8-15(19-10-12)20-11-5-7-13(17)14(18)9-11/h5-10H,2-4H2,1H3,(H,19,20)(H,21,22). The maximum absolute atomic E-state index is 11.6. The highest BCUT2D eigenvalue weighted by molar-refractivity contribution is 6.42. The van der Waals surface area contributed by atoms with Gasteiger partial charge in [0.15, 0.2) is 0 Å². The molecule has 0 spiro atoms. The number of benzene rings is 1. The molecule has 6 heteroatoms. The van der Waals surface area contributed by atoms with E-state index in [9.17, 15) is 4.79 Å². The fraction of sp³-hybridized carbons (Fsp3) is 0.250. The van der Waals surface area contributed by atoms with Crippen LogP contribution >= 0.6 is 23.2 Å². The molecule has 4 nitrogen and oxygen atoms in total. The molecule has 1 aromatic heterocycles. The van der Waals surface area contributed by atoms with E-state index in [0.717, 1.165) is 18.5 Å². The van der Waals surface area contributed by atoms with Gasteiger partial charge < -0.3 is 10.6 Å². The zero-order chi connectivity index (χ0) is 15.9. The van der Waals surface area contributed by atoms with Gasteiger partial charge in [0, 0.05) is 12.1 Å². The maximum Gasteiger partial charge on any atom is 0.224 e. The lowest BCUT2D eigenvalue weighted by molar-refractivity contribution is -0.116. The monoisotopic (exact) mass is 337 g/mol. The zero-order valence-electron chi connectivity index (χ0n) is 12.2. The van der Waals surface area contributed by atoms with Crippen molar-refractivity contribution >= 4 is 46.3 Å². The van der Waals surface area contributed by atoms with E-state index in [0.29, 0.717) is 28.0 Å². The Bertz CT molecular complexity index is 644. The van der Waals surface area contributed by atoms with Gasteiger partial charge in [0.2, 0.25) is 5.91 Å². The van der Waals surface area contributed by atoms with Crippen molar-refractivity contribution in [2.24, 2.45) is 0 Å². The van der Waals surface area contributed by atoms with Gasteiger partial charge in [-0.1, -0.05) is 36.5 Å². The predicted octanol–water partition coefficient (Wildman–Crippen LogP) is 5.26. The van der Waals surface area contributed by atoms with Gasteiger partial charge in [-0.3, -0.25) is 4.79 Å². The summed E-state index contributed by atoms with van der Waals surface area (Å²) in [5, 5.41) is 6.92. The number of amides is 1. The van der Waals surface area contributed by atoms with Gasteiger partial charge in [0.25, 0.3) is 0 Å². The Morgan fingerprint density at radius 3 is 2.55 bits per heavy atom. The number of hydrogen-bond acceptors (Lipinski definition) is 3. The highest BCUT2D eigenvalue weighted by atomic mass is 35.5. The maximum atomic E-state index is 11.6. The molecule has 116 valence electrons. The molecule has 0 aliphatic heterocycles. The molecule has 0 bridgehead atoms. The molecule has 22 heavy (non-hydrogen) atoms. The van der Waals surface area contributed by atoms with Gasteiger partial charge in [-0.25, -0.2) is 4.98 Å². The van der Waals surface area contributed by atoms with Crippen LogP contribution in [-0.4, -0.2) is 10.9 Å². The topological polar surface area (TPSA) is 54.0 Å². The van der Waals surface area contributed by atoms with Crippen LogP contribution in [0.4, 0.5) is 17.2 Å². The summed E-state index contributed by atoms with van der Waals surface area (Å²) in [4.78, 5) is 15.9. The lowest BCUT2D eigenvalue weighted by Gasteiger charge is -2.08. The van der Waals surface area contributed by atoms with Gasteiger partial charge in [-0.15, -0.1) is 0 Å². The van der Waals surface area contributed by atoms with Crippen molar-refractivity contribution in [2.45, 2.75) is 26.2 Å². The Morgan fingerprint density at radius 2 is 1.91 bits per heavy atom. The molecular formula is C16H17Cl2N3O. The molecule has 1 amide bonds. The van der Waals surface area contributed by atoms with Crippen molar-refractivity contribution in [3.05, 3.63) is 46.6 Å². The molecule has 0 saturated heterocycles. The van der Waals surface area contributed by atoms with Crippen molar-refractivity contribution in [1.82, 2.24) is 4.98 Å². The van der Waals surface area contributed by atoms with Crippen LogP contribution in [0.3, 0.4) is 0 Å². The summed E-state index contributed by atoms with van der Waals surface area (Å²) < 4.78 is 0. The number of hydrogen-bond donors (Lipinski definition) is 2. The predicted molar refractivity (Wildman–Crippen MR) is 92.1 cm³/mol. The smallest absolute Gasteiger partial charge is 0.224 e. The van der Waals surface area contributed by atoms with E-state index in [1.54, 1.807) is 30.5 Å². The van der Waals surface area contributed by atoms with Gasteiger partial charge in [0.05, 0.1) is 21.9 Å². The first-order valence-corrected chi connectivity index (χ1v) is 7.82. The molecule has 2 N–H and O–H groups in total. The number of halogens is 2. The molecule has 1 heterocycles. The average Bonchev–Trinajstić information content (AvgIpc) is 2.51. The summed E-state index contributed by atoms with van der Waals surface area (Å²) in [6.45, 7) is 2.05. The Hall–Kier alpha value is -1.78. The quantitative estimate of drug-likeness (QED) is 0.755. The molecular weight excluding hydrogens is 321 g/mol. The van der Waals surface area contributed by atoms with Crippen LogP contribution in [0.15, 0.2) is 36.5 Å². The molecule has 0 fully saturated rings. The fourth-order valence-corrected chi connectivity index (χ4v) is 2.12. The number of aromatic nitrogens is 1. The Kier molecular flexibility index (Phi) is 6.04. The second-order valence-electron chi connectivity index (χ2n) is 4.84. The van der Waals surface area contributed by atoms with E-state index in [-0.39, 0.29) is 5.91 Å². The second kappa shape index (κ2) is 8.01. The number of anilines is 3. The van der Waals surface area contributed by atoms with Crippen LogP contribution in [0.25, 0.3) is 0 Å². The van der Waals surface area contributed by atoms with Gasteiger partial charge in [0.1, 0.15) is 5.82 Å². The van der Waals surface area contributed by atoms with Crippen LogP contribution in [0.1, 0.15) is 26.2 Å². The molecule has 2 aromatic rings. The first-order chi connectivity index (χ1) is 10.6. The number of carbonyl (C=O) groups is 1. The molecule has 0 aliphatic rings. The van der Waals surface area contributed by atoms with Crippen LogP contribution in [0.2, 0.25) is 10.0 Å². The van der Waals surface area contributed by atoms with Crippen LogP contribution in [0.5, 0.6) is 0 Å². The van der Waals surface area contributed by atoms with Crippen LogP contribution in [0, 0.1) is 0 Å². The van der Waals surface area contributed by atoms with Crippen LogP contribution < -0.4 is 10.6 Å². The number of nitrogens with one attached hydrogen (secondary N) is 2. The highest BCUT2D eigenvalue weighted by Gasteiger charge is 2.03. The third-order valence-electron chi connectivity index (χ3n) is 3.00. The summed E-state index contributed by atoms with van der Waals surface area (Å²) in [6.07, 6.45) is 4.03. The van der Waals surface area contributed by atoms with Crippen molar-refractivity contribution in [1.29, 1.82) is 0 Å². The van der Waals surface area contributed by atoms with E-state index in [1.807, 2.05) is 6.07 Å². The van der Waals surface area contributed by atoms with Crippen LogP contribution in [-0.2, 0) is 4.79 Å². The number of nitrogens with zero attached hydrogens (tertiary/aromatic N) is 1. The highest BCUT2D eigenvalue weighted by Crippen LogP contribution is 2.26. The Labute approximate surface area is 139 Å². The van der Waals surface area contributed by atoms with Crippen molar-refractivity contribution in [3.63, 3.8) is 0 Å². The lowest BCUT2D eigenvalue weighted by Crippen LogP contribution is -2.11. The SMILES string of the molecule is CCCCC(=O)Nc1ccc(Nc2ccc(Cl)c(Cl)c2)nc1. The summed E-state index contributed by atoms with van der Waals surface area (Å²) >= 11 is 11.8. The van der Waals surface area contributed by atoms with E-state index in [2.05, 4.69) is 22.5 Å². The Balaban J connectivity index is 1.96. The van der Waals surface area contributed by atoms with Gasteiger partial charge in [-0.2, -0.15) is 0 Å². The van der Waals surface area contributed by atoms with Crippen molar-refractivity contribution in [2.75, 3.05) is 10.6 Å². The second-order valence-corrected chi connectivity index (χ2v) is 5.65. The molecule has 1 aromatic carbocycles. The summed E-state index contributed by atoms with van der Waals surface area (Å²) in [7, 11) is 0. The van der Waals surface area contributed by atoms with Gasteiger partial charge >= 0.3 is 0 Å². The molecule has 0 saturated carbocycles. The first-order valence-electron chi connectivity index (χ1n) is 7.06. The van der Waals surface area contributed by atoms with E-state index >= 15 is 0 Å². The molecule has 2 rings (SSSR count). The molecule has 0 atom stereocenters. The number of carbonyl (C=O) groups excluding carboxylic acids is 1. The minimum absolute atomic E-state index is 0.00819. The molecule has 0 unspecified atom stereocenters. The summed E-state index contributed by atoms with van der Waals surface area (Å²) in [6, 6.07) is 8.85. The zero-order valence-corrected chi connectivity index (χ0v) is 13.7. The molecule has 0 aliphatic carbocycles. The van der Waals surface area contributed by atoms with Crippen molar-refractivity contribution in [3.8, 4) is 0 Å². The normalized spacial score (nSPS) is 10.3.